The summed E-state index contributed by atoms with van der Waals surface area (Å²) in [6.07, 6.45) is 0. The number of carbonyl (C=O) groups excluding carboxylic acids is 2. The molecule has 0 unspecified atom stereocenters. The summed E-state index contributed by atoms with van der Waals surface area (Å²) in [5.74, 6) is -0.539. The van der Waals surface area contributed by atoms with Crippen LogP contribution >= 0.6 is 11.6 Å². The molecule has 0 radical (unpaired) electrons. The third-order valence-electron chi connectivity index (χ3n) is 5.10. The molecule has 0 aliphatic heterocycles. The quantitative estimate of drug-likeness (QED) is 0.486. The summed E-state index contributed by atoms with van der Waals surface area (Å²) < 4.78 is 1.16. The van der Waals surface area contributed by atoms with Gasteiger partial charge < -0.3 is 10.2 Å². The molecule has 0 saturated carbocycles. The first-order valence-electron chi connectivity index (χ1n) is 10.2. The number of halogens is 1. The number of nitrogens with zero attached hydrogens (tertiary/aromatic N) is 3. The highest BCUT2D eigenvalue weighted by Crippen LogP contribution is 2.25. The molecule has 0 bridgehead atoms. The Bertz CT molecular complexity index is 1390. The molecule has 0 atom stereocenters. The van der Waals surface area contributed by atoms with Crippen LogP contribution in [0.2, 0.25) is 5.02 Å². The number of rotatable bonds is 5. The molecular formula is C25H21ClN4O3. The van der Waals surface area contributed by atoms with Gasteiger partial charge in [0.2, 0.25) is 5.91 Å². The van der Waals surface area contributed by atoms with E-state index in [2.05, 4.69) is 10.4 Å². The molecule has 7 nitrogen and oxygen atoms in total. The highest BCUT2D eigenvalue weighted by Gasteiger charge is 2.15. The van der Waals surface area contributed by atoms with E-state index in [0.717, 1.165) is 10.2 Å². The van der Waals surface area contributed by atoms with E-state index < -0.39 is 5.91 Å². The SMILES string of the molecule is CN(C)C(=O)c1ccc(NC(=O)Cn2nc(-c3ccc(Cl)cc3)c3ccccc3c2=O)cc1. The van der Waals surface area contributed by atoms with Crippen LogP contribution in [-0.2, 0) is 11.3 Å². The molecule has 4 aromatic rings. The van der Waals surface area contributed by atoms with Crippen LogP contribution in [0.4, 0.5) is 5.69 Å². The molecular weight excluding hydrogens is 440 g/mol. The Balaban J connectivity index is 1.63. The number of nitrogens with one attached hydrogen (secondary N) is 1. The minimum Gasteiger partial charge on any atom is -0.345 e. The molecule has 2 amide bonds. The Morgan fingerprint density at radius 3 is 2.21 bits per heavy atom. The van der Waals surface area contributed by atoms with Crippen LogP contribution in [0.1, 0.15) is 10.4 Å². The van der Waals surface area contributed by atoms with Gasteiger partial charge in [0, 0.05) is 41.3 Å². The number of carbonyl (C=O) groups is 2. The van der Waals surface area contributed by atoms with Crippen molar-refractivity contribution in [2.24, 2.45) is 0 Å². The monoisotopic (exact) mass is 460 g/mol. The predicted molar refractivity (Wildman–Crippen MR) is 130 cm³/mol. The van der Waals surface area contributed by atoms with Crippen molar-refractivity contribution in [2.75, 3.05) is 19.4 Å². The molecule has 0 saturated heterocycles. The topological polar surface area (TPSA) is 84.3 Å². The third-order valence-corrected chi connectivity index (χ3v) is 5.35. The zero-order valence-corrected chi connectivity index (χ0v) is 18.8. The van der Waals surface area contributed by atoms with Crippen molar-refractivity contribution in [3.8, 4) is 11.3 Å². The van der Waals surface area contributed by atoms with Gasteiger partial charge in [-0.2, -0.15) is 5.10 Å². The average molecular weight is 461 g/mol. The number of hydrogen-bond donors (Lipinski definition) is 1. The molecule has 1 N–H and O–H groups in total. The van der Waals surface area contributed by atoms with Gasteiger partial charge in [-0.3, -0.25) is 14.4 Å². The van der Waals surface area contributed by atoms with Crippen LogP contribution in [0.15, 0.2) is 77.6 Å². The van der Waals surface area contributed by atoms with Gasteiger partial charge in [-0.25, -0.2) is 4.68 Å². The first-order valence-corrected chi connectivity index (χ1v) is 10.6. The fourth-order valence-electron chi connectivity index (χ4n) is 3.45. The van der Waals surface area contributed by atoms with E-state index in [1.165, 1.54) is 4.90 Å². The van der Waals surface area contributed by atoms with E-state index in [9.17, 15) is 14.4 Å². The fourth-order valence-corrected chi connectivity index (χ4v) is 3.58. The van der Waals surface area contributed by atoms with Gasteiger partial charge in [-0.1, -0.05) is 41.9 Å². The predicted octanol–water partition coefficient (Wildman–Crippen LogP) is 4.06. The molecule has 0 fully saturated rings. The summed E-state index contributed by atoms with van der Waals surface area (Å²) in [6, 6.07) is 20.9. The first kappa shape index (κ1) is 22.2. The first-order chi connectivity index (χ1) is 15.8. The molecule has 33 heavy (non-hydrogen) atoms. The van der Waals surface area contributed by atoms with Crippen molar-refractivity contribution in [1.29, 1.82) is 0 Å². The molecule has 166 valence electrons. The number of fused-ring (bicyclic) bond motifs is 1. The number of hydrogen-bond acceptors (Lipinski definition) is 4. The van der Waals surface area contributed by atoms with Crippen molar-refractivity contribution in [3.05, 3.63) is 93.7 Å². The van der Waals surface area contributed by atoms with Gasteiger partial charge >= 0.3 is 0 Å². The van der Waals surface area contributed by atoms with E-state index >= 15 is 0 Å². The Morgan fingerprint density at radius 1 is 0.939 bits per heavy atom. The Labute approximate surface area is 195 Å². The van der Waals surface area contributed by atoms with Crippen LogP contribution in [-0.4, -0.2) is 40.6 Å². The lowest BCUT2D eigenvalue weighted by Gasteiger charge is -2.12. The highest BCUT2D eigenvalue weighted by molar-refractivity contribution is 6.30. The van der Waals surface area contributed by atoms with Gasteiger partial charge in [0.05, 0.1) is 11.1 Å². The maximum absolute atomic E-state index is 13.0. The van der Waals surface area contributed by atoms with Gasteiger partial charge in [0.25, 0.3) is 11.5 Å². The summed E-state index contributed by atoms with van der Waals surface area (Å²) in [6.45, 7) is -0.261. The Hall–Kier alpha value is -3.97. The molecule has 8 heteroatoms. The molecule has 0 spiro atoms. The lowest BCUT2D eigenvalue weighted by Crippen LogP contribution is -2.30. The van der Waals surface area contributed by atoms with Crippen LogP contribution in [0.3, 0.4) is 0 Å². The Kier molecular flexibility index (Phi) is 6.24. The van der Waals surface area contributed by atoms with Gasteiger partial charge in [0.15, 0.2) is 0 Å². The van der Waals surface area contributed by atoms with E-state index in [1.54, 1.807) is 62.6 Å². The number of amides is 2. The van der Waals surface area contributed by atoms with E-state index in [-0.39, 0.29) is 18.0 Å². The summed E-state index contributed by atoms with van der Waals surface area (Å²) in [5.41, 5.74) is 2.04. The van der Waals surface area contributed by atoms with Crippen LogP contribution < -0.4 is 10.9 Å². The molecule has 3 aromatic carbocycles. The number of anilines is 1. The van der Waals surface area contributed by atoms with Crippen molar-refractivity contribution in [1.82, 2.24) is 14.7 Å². The number of aromatic nitrogens is 2. The fraction of sp³-hybridized carbons (Fsp3) is 0.120. The Morgan fingerprint density at radius 2 is 1.58 bits per heavy atom. The van der Waals surface area contributed by atoms with Gasteiger partial charge in [-0.05, 0) is 42.5 Å². The maximum Gasteiger partial charge on any atom is 0.275 e. The molecule has 0 aliphatic carbocycles. The van der Waals surface area contributed by atoms with Gasteiger partial charge in [0.1, 0.15) is 6.54 Å². The van der Waals surface area contributed by atoms with Crippen molar-refractivity contribution >= 4 is 39.9 Å². The van der Waals surface area contributed by atoms with Crippen molar-refractivity contribution in [3.63, 3.8) is 0 Å². The van der Waals surface area contributed by atoms with Crippen LogP contribution in [0.25, 0.3) is 22.0 Å². The van der Waals surface area contributed by atoms with Crippen LogP contribution in [0, 0.1) is 0 Å². The molecule has 1 heterocycles. The van der Waals surface area contributed by atoms with E-state index in [4.69, 9.17) is 11.6 Å². The van der Waals surface area contributed by atoms with Crippen molar-refractivity contribution in [2.45, 2.75) is 6.54 Å². The smallest absolute Gasteiger partial charge is 0.275 e. The normalized spacial score (nSPS) is 10.8. The largest absolute Gasteiger partial charge is 0.345 e. The summed E-state index contributed by atoms with van der Waals surface area (Å²) in [7, 11) is 3.34. The van der Waals surface area contributed by atoms with Crippen molar-refractivity contribution < 1.29 is 9.59 Å². The van der Waals surface area contributed by atoms with Crippen LogP contribution in [0.5, 0.6) is 0 Å². The second-order valence-corrected chi connectivity index (χ2v) is 8.13. The minimum absolute atomic E-state index is 0.130. The second-order valence-electron chi connectivity index (χ2n) is 7.69. The zero-order valence-electron chi connectivity index (χ0n) is 18.1. The summed E-state index contributed by atoms with van der Waals surface area (Å²) in [5, 5.41) is 8.99. The van der Waals surface area contributed by atoms with E-state index in [1.807, 2.05) is 24.3 Å². The molecule has 4 rings (SSSR count). The second kappa shape index (κ2) is 9.26. The maximum atomic E-state index is 13.0. The summed E-state index contributed by atoms with van der Waals surface area (Å²) >= 11 is 6.01. The standard InChI is InChI=1S/C25H21ClN4O3/c1-29(2)24(32)17-9-13-19(14-10-17)27-22(31)15-30-25(33)21-6-4-3-5-20(21)23(28-30)16-7-11-18(26)12-8-16/h3-14H,15H2,1-2H3,(H,27,31). The van der Waals surface area contributed by atoms with E-state index in [0.29, 0.717) is 32.7 Å². The minimum atomic E-state index is -0.409. The zero-order chi connectivity index (χ0) is 23.5. The highest BCUT2D eigenvalue weighted by atomic mass is 35.5. The number of benzene rings is 3. The third kappa shape index (κ3) is 4.78. The average Bonchev–Trinajstić information content (AvgIpc) is 2.81. The lowest BCUT2D eigenvalue weighted by molar-refractivity contribution is -0.117. The lowest BCUT2D eigenvalue weighted by atomic mass is 10.1. The summed E-state index contributed by atoms with van der Waals surface area (Å²) in [4.78, 5) is 39.2. The molecule has 0 aliphatic rings. The van der Waals surface area contributed by atoms with Gasteiger partial charge in [-0.15, -0.1) is 0 Å². The molecule has 1 aromatic heterocycles.